The fraction of sp³-hybridized carbons (Fsp3) is 0.533. The van der Waals surface area contributed by atoms with Crippen molar-refractivity contribution in [1.82, 2.24) is 0 Å². The molecule has 2 heterocycles. The van der Waals surface area contributed by atoms with Crippen LogP contribution in [0.4, 0.5) is 11.4 Å². The molecule has 1 saturated heterocycles. The molecule has 0 spiro atoms. The Morgan fingerprint density at radius 3 is 2.86 bits per heavy atom. The first-order chi connectivity index (χ1) is 9.77. The van der Waals surface area contributed by atoms with Crippen LogP contribution in [-0.4, -0.2) is 30.7 Å². The molecule has 3 rings (SSSR count). The van der Waals surface area contributed by atoms with Gasteiger partial charge in [-0.25, -0.2) is 0 Å². The van der Waals surface area contributed by atoms with Crippen molar-refractivity contribution in [2.24, 2.45) is 5.73 Å². The number of carbonyl (C=O) groups is 1. The van der Waals surface area contributed by atoms with Crippen LogP contribution >= 0.6 is 15.9 Å². The van der Waals surface area contributed by atoms with E-state index in [1.54, 1.807) is 0 Å². The number of halogens is 1. The topological polar surface area (TPSA) is 67.6 Å². The number of carbonyl (C=O) groups excluding carboxylic acids is 1. The highest BCUT2D eigenvalue weighted by Gasteiger charge is 2.34. The maximum Gasteiger partial charge on any atom is 0.245 e. The fourth-order valence-electron chi connectivity index (χ4n) is 3.17. The van der Waals surface area contributed by atoms with Crippen molar-refractivity contribution in [3.63, 3.8) is 0 Å². The quantitative estimate of drug-likeness (QED) is 0.813. The largest absolute Gasteiger partial charge is 0.369 e. The second kappa shape index (κ2) is 4.97. The number of hydrogen-bond acceptors (Lipinski definition) is 4. The van der Waals surface area contributed by atoms with Crippen LogP contribution in [-0.2, 0) is 9.53 Å². The number of anilines is 2. The van der Waals surface area contributed by atoms with Crippen LogP contribution in [0.1, 0.15) is 32.4 Å². The molecule has 1 fully saturated rings. The summed E-state index contributed by atoms with van der Waals surface area (Å²) in [6, 6.07) is 3.36. The Hall–Kier alpha value is -1.11. The van der Waals surface area contributed by atoms with Gasteiger partial charge in [0, 0.05) is 28.8 Å². The summed E-state index contributed by atoms with van der Waals surface area (Å²) < 4.78 is 6.90. The Morgan fingerprint density at radius 1 is 1.48 bits per heavy atom. The Labute approximate surface area is 132 Å². The van der Waals surface area contributed by atoms with Gasteiger partial charge in [-0.05, 0) is 48.8 Å². The summed E-state index contributed by atoms with van der Waals surface area (Å²) >= 11 is 3.61. The number of nitrogens with zero attached hydrogens (tertiary/aromatic N) is 1. The number of nitrogens with one attached hydrogen (secondary N) is 1. The summed E-state index contributed by atoms with van der Waals surface area (Å²) in [5.41, 5.74) is 8.40. The lowest BCUT2D eigenvalue weighted by Crippen LogP contribution is -2.52. The number of ether oxygens (including phenoxy) is 1. The summed E-state index contributed by atoms with van der Waals surface area (Å²) in [6.45, 7) is 7.88. The minimum atomic E-state index is -0.578. The Kier molecular flexibility index (Phi) is 3.50. The predicted octanol–water partition coefficient (Wildman–Crippen LogP) is 2.40. The van der Waals surface area contributed by atoms with Gasteiger partial charge in [-0.3, -0.25) is 4.79 Å². The third kappa shape index (κ3) is 2.67. The van der Waals surface area contributed by atoms with E-state index in [2.05, 4.69) is 46.9 Å². The molecule has 2 unspecified atom stereocenters. The zero-order valence-electron chi connectivity index (χ0n) is 12.4. The Morgan fingerprint density at radius 2 is 2.19 bits per heavy atom. The molecule has 5 nitrogen and oxygen atoms in total. The molecule has 0 saturated carbocycles. The SMILES string of the molecule is CC1CN(c2cc3c(cc2Br)C(N)C(=O)N3)CC(C)(C)O1. The first-order valence-corrected chi connectivity index (χ1v) is 7.89. The van der Waals surface area contributed by atoms with Crippen LogP contribution < -0.4 is 16.0 Å². The van der Waals surface area contributed by atoms with Crippen LogP contribution in [0.2, 0.25) is 0 Å². The van der Waals surface area contributed by atoms with Crippen LogP contribution in [0.3, 0.4) is 0 Å². The maximum absolute atomic E-state index is 11.7. The highest BCUT2D eigenvalue weighted by molar-refractivity contribution is 9.10. The summed E-state index contributed by atoms with van der Waals surface area (Å²) in [7, 11) is 0. The predicted molar refractivity (Wildman–Crippen MR) is 86.5 cm³/mol. The number of nitrogens with two attached hydrogens (primary N) is 1. The van der Waals surface area contributed by atoms with Gasteiger partial charge >= 0.3 is 0 Å². The van der Waals surface area contributed by atoms with E-state index in [1.165, 1.54) is 0 Å². The highest BCUT2D eigenvalue weighted by Crippen LogP contribution is 2.39. The normalized spacial score (nSPS) is 27.5. The second-order valence-electron chi connectivity index (χ2n) is 6.43. The van der Waals surface area contributed by atoms with E-state index >= 15 is 0 Å². The van der Waals surface area contributed by atoms with E-state index in [0.29, 0.717) is 0 Å². The molecule has 1 aromatic rings. The van der Waals surface area contributed by atoms with E-state index in [4.69, 9.17) is 10.5 Å². The van der Waals surface area contributed by atoms with E-state index < -0.39 is 6.04 Å². The monoisotopic (exact) mass is 353 g/mol. The summed E-state index contributed by atoms with van der Waals surface area (Å²) in [4.78, 5) is 14.0. The third-order valence-electron chi connectivity index (χ3n) is 3.90. The molecule has 21 heavy (non-hydrogen) atoms. The molecule has 0 aliphatic carbocycles. The van der Waals surface area contributed by atoms with Crippen LogP contribution in [0.5, 0.6) is 0 Å². The van der Waals surface area contributed by atoms with Crippen LogP contribution in [0.15, 0.2) is 16.6 Å². The van der Waals surface area contributed by atoms with Gasteiger partial charge in [-0.1, -0.05) is 0 Å². The van der Waals surface area contributed by atoms with Crippen LogP contribution in [0.25, 0.3) is 0 Å². The minimum absolute atomic E-state index is 0.148. The maximum atomic E-state index is 11.7. The molecular formula is C15H20BrN3O2. The van der Waals surface area contributed by atoms with Gasteiger partial charge in [-0.2, -0.15) is 0 Å². The van der Waals surface area contributed by atoms with E-state index in [0.717, 1.165) is 34.5 Å². The van der Waals surface area contributed by atoms with Crippen molar-refractivity contribution >= 4 is 33.2 Å². The van der Waals surface area contributed by atoms with Gasteiger partial charge in [0.05, 0.1) is 17.4 Å². The van der Waals surface area contributed by atoms with Crippen molar-refractivity contribution in [1.29, 1.82) is 0 Å². The fourth-order valence-corrected chi connectivity index (χ4v) is 3.79. The molecule has 2 aliphatic rings. The molecule has 2 aliphatic heterocycles. The van der Waals surface area contributed by atoms with Crippen molar-refractivity contribution in [3.8, 4) is 0 Å². The minimum Gasteiger partial charge on any atom is -0.369 e. The zero-order valence-corrected chi connectivity index (χ0v) is 14.0. The summed E-state index contributed by atoms with van der Waals surface area (Å²) in [6.07, 6.45) is 0.158. The van der Waals surface area contributed by atoms with Crippen molar-refractivity contribution < 1.29 is 9.53 Å². The first kappa shape index (κ1) is 14.8. The lowest BCUT2D eigenvalue weighted by molar-refractivity contribution is -0.116. The smallest absolute Gasteiger partial charge is 0.245 e. The molecule has 2 atom stereocenters. The van der Waals surface area contributed by atoms with E-state index in [9.17, 15) is 4.79 Å². The third-order valence-corrected chi connectivity index (χ3v) is 4.54. The first-order valence-electron chi connectivity index (χ1n) is 7.09. The Balaban J connectivity index is 1.97. The van der Waals surface area contributed by atoms with Gasteiger partial charge in [0.15, 0.2) is 0 Å². The molecular weight excluding hydrogens is 334 g/mol. The lowest BCUT2D eigenvalue weighted by atomic mass is 10.0. The second-order valence-corrected chi connectivity index (χ2v) is 7.28. The van der Waals surface area contributed by atoms with Gasteiger partial charge in [0.1, 0.15) is 6.04 Å². The molecule has 6 heteroatoms. The zero-order chi connectivity index (χ0) is 15.4. The standard InChI is InChI=1S/C15H20BrN3O2/c1-8-6-19(7-15(2,3)21-8)12-5-11-9(4-10(12)16)13(17)14(20)18-11/h4-5,8,13H,6-7,17H2,1-3H3,(H,18,20). The number of hydrogen-bond donors (Lipinski definition) is 2. The van der Waals surface area contributed by atoms with Crippen LogP contribution in [0, 0.1) is 0 Å². The highest BCUT2D eigenvalue weighted by atomic mass is 79.9. The number of fused-ring (bicyclic) bond motifs is 1. The number of rotatable bonds is 1. The van der Waals surface area contributed by atoms with Gasteiger partial charge in [0.25, 0.3) is 0 Å². The van der Waals surface area contributed by atoms with Gasteiger partial charge in [0.2, 0.25) is 5.91 Å². The lowest BCUT2D eigenvalue weighted by Gasteiger charge is -2.43. The molecule has 3 N–H and O–H groups in total. The molecule has 1 amide bonds. The van der Waals surface area contributed by atoms with Gasteiger partial charge in [-0.15, -0.1) is 0 Å². The average molecular weight is 354 g/mol. The molecule has 1 aromatic carbocycles. The number of amides is 1. The number of benzene rings is 1. The van der Waals surface area contributed by atoms with Gasteiger partial charge < -0.3 is 20.7 Å². The molecule has 114 valence electrons. The van der Waals surface area contributed by atoms with E-state index in [1.807, 2.05) is 12.1 Å². The molecule has 0 aromatic heterocycles. The summed E-state index contributed by atoms with van der Waals surface area (Å²) in [5.74, 6) is -0.148. The molecule has 0 radical (unpaired) electrons. The Bertz CT molecular complexity index is 603. The van der Waals surface area contributed by atoms with Crippen molar-refractivity contribution in [2.75, 3.05) is 23.3 Å². The average Bonchev–Trinajstić information content (AvgIpc) is 2.62. The van der Waals surface area contributed by atoms with Crippen molar-refractivity contribution in [3.05, 3.63) is 22.2 Å². The summed E-state index contributed by atoms with van der Waals surface area (Å²) in [5, 5.41) is 2.84. The van der Waals surface area contributed by atoms with E-state index in [-0.39, 0.29) is 17.6 Å². The van der Waals surface area contributed by atoms with Crippen molar-refractivity contribution in [2.45, 2.75) is 38.5 Å². The number of morpholine rings is 1. The molecule has 0 bridgehead atoms.